The summed E-state index contributed by atoms with van der Waals surface area (Å²) < 4.78 is 0. The van der Waals surface area contributed by atoms with Gasteiger partial charge in [0.25, 0.3) is 0 Å². The Balaban J connectivity index is -0.000000146. The first-order valence-corrected chi connectivity index (χ1v) is 24.5. The van der Waals surface area contributed by atoms with Gasteiger partial charge in [0.15, 0.2) is 0 Å². The Morgan fingerprint density at radius 2 is 0.673 bits per heavy atom. The summed E-state index contributed by atoms with van der Waals surface area (Å²) in [5.74, 6) is 0.975. The van der Waals surface area contributed by atoms with Gasteiger partial charge in [0.1, 0.15) is 0 Å². The molecule has 0 heteroatoms. The third-order valence-corrected chi connectivity index (χ3v) is 9.44. The quantitative estimate of drug-likeness (QED) is 0.0367. The number of rotatable bonds is 32. The highest BCUT2D eigenvalue weighted by atomic mass is 14.1. The van der Waals surface area contributed by atoms with Crippen molar-refractivity contribution in [3.05, 3.63) is 30.0 Å². The Kier molecular flexibility index (Phi) is 87.1. The van der Waals surface area contributed by atoms with Crippen molar-refractivity contribution in [2.45, 2.75) is 302 Å². The van der Waals surface area contributed by atoms with E-state index in [2.05, 4.69) is 79.9 Å². The lowest BCUT2D eigenvalue weighted by atomic mass is 9.96. The average molecular weight is 735 g/mol. The molecule has 0 aliphatic heterocycles. The van der Waals surface area contributed by atoms with E-state index in [1.54, 1.807) is 0 Å². The molecular formula is C52H110. The fraction of sp³-hybridized carbons (Fsp3) is 0.904. The van der Waals surface area contributed by atoms with Gasteiger partial charge in [-0.15, -0.1) is 5.73 Å². The first kappa shape index (κ1) is 63.2. The predicted octanol–water partition coefficient (Wildman–Crippen LogP) is 20.9. The lowest BCUT2D eigenvalue weighted by molar-refractivity contribution is 0.437. The number of hydrogen-bond donors (Lipinski definition) is 0. The minimum atomic E-state index is 0.975. The van der Waals surface area contributed by atoms with Crippen molar-refractivity contribution < 1.29 is 0 Å². The first-order chi connectivity index (χ1) is 25.5. The lowest BCUT2D eigenvalue weighted by Crippen LogP contribution is -1.94. The predicted molar refractivity (Wildman–Crippen MR) is 251 cm³/mol. The highest BCUT2D eigenvalue weighted by molar-refractivity contribution is 4.98. The molecular weight excluding hydrogens is 625 g/mol. The zero-order valence-corrected chi connectivity index (χ0v) is 39.8. The molecule has 0 fully saturated rings. The van der Waals surface area contributed by atoms with Gasteiger partial charge in [-0.25, -0.2) is 0 Å². The maximum absolute atomic E-state index is 3.86. The maximum Gasteiger partial charge on any atom is -0.0244 e. The minimum Gasteiger partial charge on any atom is -0.130 e. The Hall–Kier alpha value is -0.740. The van der Waals surface area contributed by atoms with Gasteiger partial charge in [-0.1, -0.05) is 282 Å². The van der Waals surface area contributed by atoms with E-state index in [1.807, 2.05) is 34.6 Å². The van der Waals surface area contributed by atoms with E-state index in [1.165, 1.54) is 211 Å². The van der Waals surface area contributed by atoms with Gasteiger partial charge in [0.05, 0.1) is 0 Å². The average Bonchev–Trinajstić information content (AvgIpc) is 3.18. The van der Waals surface area contributed by atoms with Crippen LogP contribution in [0.15, 0.2) is 30.0 Å². The fourth-order valence-corrected chi connectivity index (χ4v) is 5.97. The Bertz CT molecular complexity index is 571. The Morgan fingerprint density at radius 3 is 0.942 bits per heavy atom. The second-order valence-corrected chi connectivity index (χ2v) is 14.7. The summed E-state index contributed by atoms with van der Waals surface area (Å²) in [6.45, 7) is 32.1. The summed E-state index contributed by atoms with van der Waals surface area (Å²) in [4.78, 5) is 0. The Morgan fingerprint density at radius 1 is 0.423 bits per heavy atom. The van der Waals surface area contributed by atoms with Crippen molar-refractivity contribution in [1.29, 1.82) is 0 Å². The van der Waals surface area contributed by atoms with Crippen LogP contribution in [0.5, 0.6) is 0 Å². The number of unbranched alkanes of at least 4 members (excludes halogenated alkanes) is 23. The number of hydrogen-bond acceptors (Lipinski definition) is 0. The number of allylic oxidation sites excluding steroid dienone is 3. The smallest absolute Gasteiger partial charge is 0.0244 e. The molecule has 0 amide bonds. The zero-order chi connectivity index (χ0) is 40.6. The molecule has 0 saturated carbocycles. The molecule has 0 N–H and O–H groups in total. The van der Waals surface area contributed by atoms with Crippen molar-refractivity contribution >= 4 is 0 Å². The van der Waals surface area contributed by atoms with Crippen LogP contribution >= 0.6 is 0 Å². The summed E-state index contributed by atoms with van der Waals surface area (Å²) in [5, 5.41) is 0. The zero-order valence-electron chi connectivity index (χ0n) is 39.8. The van der Waals surface area contributed by atoms with Crippen molar-refractivity contribution in [3.8, 4) is 0 Å². The van der Waals surface area contributed by atoms with Gasteiger partial charge >= 0.3 is 0 Å². The molecule has 52 heavy (non-hydrogen) atoms. The summed E-state index contributed by atoms with van der Waals surface area (Å²) in [5.41, 5.74) is 4.65. The minimum absolute atomic E-state index is 0.975. The van der Waals surface area contributed by atoms with E-state index in [0.717, 1.165) is 12.3 Å². The molecule has 0 aromatic heterocycles. The molecule has 1 atom stereocenters. The molecule has 0 spiro atoms. The molecule has 0 bridgehead atoms. The molecule has 0 heterocycles. The van der Waals surface area contributed by atoms with Crippen LogP contribution in [-0.4, -0.2) is 0 Å². The topological polar surface area (TPSA) is 0 Å². The SMILES string of the molecule is C/C=C\CC.C=C=C(CCCCCC)CCCCCCCCCCCC.CC.CC.CCCCCCCC.CCCCCCCC(C)CCCCC. The van der Waals surface area contributed by atoms with Crippen molar-refractivity contribution in [3.63, 3.8) is 0 Å². The van der Waals surface area contributed by atoms with Gasteiger partial charge in [-0.05, 0) is 50.5 Å². The van der Waals surface area contributed by atoms with Crippen molar-refractivity contribution in [2.24, 2.45) is 5.92 Å². The molecule has 0 aromatic carbocycles. The van der Waals surface area contributed by atoms with Crippen LogP contribution in [0.2, 0.25) is 0 Å². The summed E-state index contributed by atoms with van der Waals surface area (Å²) in [6, 6.07) is 0. The van der Waals surface area contributed by atoms with Gasteiger partial charge in [0.2, 0.25) is 0 Å². The molecule has 0 rings (SSSR count). The third-order valence-electron chi connectivity index (χ3n) is 9.44. The Labute approximate surface area is 336 Å². The van der Waals surface area contributed by atoms with Gasteiger partial charge in [0, 0.05) is 0 Å². The highest BCUT2D eigenvalue weighted by Gasteiger charge is 2.01. The molecule has 0 aliphatic carbocycles. The van der Waals surface area contributed by atoms with E-state index >= 15 is 0 Å². The largest absolute Gasteiger partial charge is 0.130 e. The van der Waals surface area contributed by atoms with Gasteiger partial charge in [-0.2, -0.15) is 0 Å². The van der Waals surface area contributed by atoms with Gasteiger partial charge in [-0.3, -0.25) is 0 Å². The lowest BCUT2D eigenvalue weighted by Gasteiger charge is -2.10. The van der Waals surface area contributed by atoms with Gasteiger partial charge < -0.3 is 0 Å². The van der Waals surface area contributed by atoms with E-state index in [0.29, 0.717) is 0 Å². The van der Waals surface area contributed by atoms with Crippen molar-refractivity contribution in [2.75, 3.05) is 0 Å². The van der Waals surface area contributed by atoms with Crippen LogP contribution in [0.4, 0.5) is 0 Å². The monoisotopic (exact) mass is 735 g/mol. The highest BCUT2D eigenvalue weighted by Crippen LogP contribution is 2.18. The van der Waals surface area contributed by atoms with Crippen molar-refractivity contribution in [1.82, 2.24) is 0 Å². The third kappa shape index (κ3) is 78.4. The van der Waals surface area contributed by atoms with Crippen LogP contribution in [0.3, 0.4) is 0 Å². The fourth-order valence-electron chi connectivity index (χ4n) is 5.97. The molecule has 0 aromatic rings. The molecule has 0 saturated heterocycles. The van der Waals surface area contributed by atoms with Crippen LogP contribution in [0.25, 0.3) is 0 Å². The van der Waals surface area contributed by atoms with E-state index in [4.69, 9.17) is 0 Å². The second-order valence-electron chi connectivity index (χ2n) is 14.7. The normalized spacial score (nSPS) is 10.5. The summed E-state index contributed by atoms with van der Waals surface area (Å²) >= 11 is 0. The van der Waals surface area contributed by atoms with Crippen LogP contribution < -0.4 is 0 Å². The maximum atomic E-state index is 3.86. The van der Waals surface area contributed by atoms with Crippen LogP contribution in [-0.2, 0) is 0 Å². The van der Waals surface area contributed by atoms with E-state index < -0.39 is 0 Å². The molecule has 0 nitrogen and oxygen atoms in total. The summed E-state index contributed by atoms with van der Waals surface area (Å²) in [7, 11) is 0. The van der Waals surface area contributed by atoms with Crippen LogP contribution in [0, 0.1) is 5.92 Å². The summed E-state index contributed by atoms with van der Waals surface area (Å²) in [6.07, 6.45) is 50.3. The second kappa shape index (κ2) is 71.6. The molecule has 0 radical (unpaired) electrons. The molecule has 318 valence electrons. The van der Waals surface area contributed by atoms with E-state index in [9.17, 15) is 0 Å². The van der Waals surface area contributed by atoms with Crippen LogP contribution in [0.1, 0.15) is 302 Å². The molecule has 0 aliphatic rings. The standard InChI is InChI=1S/C21H40.C14H30.C8H18.C5H10.2C2H6/c1-4-7-9-11-12-13-14-15-16-18-20-21(6-3)19-17-10-8-5-2;1-4-6-8-9-11-13-14(3)12-10-7-5-2;1-3-5-7-8-6-4-2;1-3-5-4-2;2*1-2/h3-5,7-20H2,1-2H3;14H,4-13H2,1-3H3;3-8H2,1-2H3;3,5H,4H2,1-2H3;2*1-2H3/b;;;5-3-;;. The first-order valence-electron chi connectivity index (χ1n) is 24.5. The molecule has 1 unspecified atom stereocenters. The van der Waals surface area contributed by atoms with E-state index in [-0.39, 0.29) is 0 Å².